The Balaban J connectivity index is 3.32. The molecule has 5 heteroatoms. The minimum Gasteiger partial charge on any atom is -0.507 e. The van der Waals surface area contributed by atoms with E-state index in [9.17, 15) is 5.11 Å². The number of phenolic OH excluding ortho intramolecular Hbond substituents is 2. The van der Waals surface area contributed by atoms with Crippen LogP contribution >= 0.6 is 15.9 Å². The lowest BCUT2D eigenvalue weighted by atomic mass is 10.2. The molecule has 1 aromatic carbocycles. The third-order valence-corrected chi connectivity index (χ3v) is 2.16. The average molecular weight is 232 g/mol. The molecule has 3 N–H and O–H groups in total. The second-order valence-corrected chi connectivity index (χ2v) is 2.87. The number of oxime groups is 1. The number of hydrogen-bond acceptors (Lipinski definition) is 4. The van der Waals surface area contributed by atoms with Crippen LogP contribution in [0.1, 0.15) is 5.56 Å². The van der Waals surface area contributed by atoms with Crippen LogP contribution in [0.2, 0.25) is 0 Å². The van der Waals surface area contributed by atoms with Gasteiger partial charge in [0.05, 0.1) is 16.3 Å². The summed E-state index contributed by atoms with van der Waals surface area (Å²) >= 11 is 3.02. The van der Waals surface area contributed by atoms with Crippen LogP contribution in [0.15, 0.2) is 21.8 Å². The minimum absolute atomic E-state index is 0.0253. The van der Waals surface area contributed by atoms with Crippen LogP contribution in [0.3, 0.4) is 0 Å². The van der Waals surface area contributed by atoms with Crippen molar-refractivity contribution >= 4 is 22.1 Å². The first-order valence-corrected chi connectivity index (χ1v) is 3.84. The zero-order valence-corrected chi connectivity index (χ0v) is 7.48. The Morgan fingerprint density at radius 1 is 1.25 bits per heavy atom. The number of hydrogen-bond donors (Lipinski definition) is 3. The van der Waals surface area contributed by atoms with Gasteiger partial charge in [-0.25, -0.2) is 0 Å². The molecule has 0 radical (unpaired) electrons. The van der Waals surface area contributed by atoms with E-state index in [4.69, 9.17) is 10.3 Å². The van der Waals surface area contributed by atoms with Gasteiger partial charge >= 0.3 is 0 Å². The molecule has 0 aliphatic carbocycles. The van der Waals surface area contributed by atoms with Gasteiger partial charge in [-0.15, -0.1) is 0 Å². The molecule has 0 amide bonds. The normalized spacial score (nSPS) is 10.8. The molecule has 12 heavy (non-hydrogen) atoms. The van der Waals surface area contributed by atoms with E-state index < -0.39 is 0 Å². The van der Waals surface area contributed by atoms with Crippen LogP contribution < -0.4 is 0 Å². The monoisotopic (exact) mass is 231 g/mol. The predicted molar refractivity (Wildman–Crippen MR) is 46.9 cm³/mol. The third-order valence-electron chi connectivity index (χ3n) is 1.32. The maximum Gasteiger partial charge on any atom is 0.130 e. The van der Waals surface area contributed by atoms with Crippen LogP contribution in [0.5, 0.6) is 11.5 Å². The summed E-state index contributed by atoms with van der Waals surface area (Å²) in [4.78, 5) is 0. The Bertz CT molecular complexity index is 325. The highest BCUT2D eigenvalue weighted by atomic mass is 79.9. The van der Waals surface area contributed by atoms with E-state index in [2.05, 4.69) is 21.1 Å². The van der Waals surface area contributed by atoms with Gasteiger partial charge in [0.1, 0.15) is 11.5 Å². The largest absolute Gasteiger partial charge is 0.507 e. The van der Waals surface area contributed by atoms with Crippen LogP contribution in [0.25, 0.3) is 0 Å². The third kappa shape index (κ3) is 1.50. The maximum atomic E-state index is 9.20. The molecule has 0 unspecified atom stereocenters. The van der Waals surface area contributed by atoms with Crippen molar-refractivity contribution in [3.8, 4) is 11.5 Å². The Labute approximate surface area is 76.9 Å². The van der Waals surface area contributed by atoms with Crippen molar-refractivity contribution in [3.63, 3.8) is 0 Å². The van der Waals surface area contributed by atoms with Gasteiger partial charge in [0, 0.05) is 0 Å². The Morgan fingerprint density at radius 3 is 2.42 bits per heavy atom. The molecule has 0 aromatic heterocycles. The number of nitrogens with zero attached hydrogens (tertiary/aromatic N) is 1. The van der Waals surface area contributed by atoms with Crippen LogP contribution in [-0.2, 0) is 0 Å². The molecule has 0 spiro atoms. The summed E-state index contributed by atoms with van der Waals surface area (Å²) in [7, 11) is 0. The zero-order valence-electron chi connectivity index (χ0n) is 5.90. The molecule has 0 heterocycles. The summed E-state index contributed by atoms with van der Waals surface area (Å²) in [6.07, 6.45) is 1.03. The standard InChI is InChI=1S/C7H6BrNO3/c8-7-4(3-9-12)5(10)1-2-6(7)11/h1-3,10-12H. The summed E-state index contributed by atoms with van der Waals surface area (Å²) in [5.41, 5.74) is 0.234. The van der Waals surface area contributed by atoms with E-state index >= 15 is 0 Å². The molecule has 0 bridgehead atoms. The number of benzene rings is 1. The van der Waals surface area contributed by atoms with E-state index in [1.165, 1.54) is 12.1 Å². The van der Waals surface area contributed by atoms with Crippen molar-refractivity contribution in [2.75, 3.05) is 0 Å². The minimum atomic E-state index is -0.0718. The summed E-state index contributed by atoms with van der Waals surface area (Å²) in [6, 6.07) is 2.63. The van der Waals surface area contributed by atoms with Crippen molar-refractivity contribution in [1.29, 1.82) is 0 Å². The summed E-state index contributed by atoms with van der Waals surface area (Å²) in [5.74, 6) is -0.0971. The van der Waals surface area contributed by atoms with Gasteiger partial charge in [0.2, 0.25) is 0 Å². The molecule has 0 fully saturated rings. The van der Waals surface area contributed by atoms with Gasteiger partial charge in [0.15, 0.2) is 0 Å². The summed E-state index contributed by atoms with van der Waals surface area (Å²) in [6.45, 7) is 0. The highest BCUT2D eigenvalue weighted by Gasteiger charge is 2.07. The van der Waals surface area contributed by atoms with Crippen molar-refractivity contribution in [3.05, 3.63) is 22.2 Å². The second kappa shape index (κ2) is 3.44. The number of phenols is 2. The van der Waals surface area contributed by atoms with Crippen molar-refractivity contribution in [2.45, 2.75) is 0 Å². The van der Waals surface area contributed by atoms with Crippen LogP contribution in [0, 0.1) is 0 Å². The average Bonchev–Trinajstić information content (AvgIpc) is 2.06. The Hall–Kier alpha value is -1.23. The van der Waals surface area contributed by atoms with E-state index in [0.29, 0.717) is 4.47 Å². The molecule has 0 aliphatic heterocycles. The Morgan fingerprint density at radius 2 is 1.83 bits per heavy atom. The Kier molecular flexibility index (Phi) is 2.54. The topological polar surface area (TPSA) is 73.1 Å². The molecular formula is C7H6BrNO3. The predicted octanol–water partition coefficient (Wildman–Crippen LogP) is 1.67. The highest BCUT2D eigenvalue weighted by Crippen LogP contribution is 2.32. The fourth-order valence-electron chi connectivity index (χ4n) is 0.752. The van der Waals surface area contributed by atoms with Gasteiger partial charge in [-0.1, -0.05) is 5.16 Å². The fraction of sp³-hybridized carbons (Fsp3) is 0. The van der Waals surface area contributed by atoms with Crippen LogP contribution in [0.4, 0.5) is 0 Å². The fourth-order valence-corrected chi connectivity index (χ4v) is 1.19. The molecule has 64 valence electrons. The number of aromatic hydroxyl groups is 2. The first-order valence-electron chi connectivity index (χ1n) is 3.04. The second-order valence-electron chi connectivity index (χ2n) is 2.08. The summed E-state index contributed by atoms with van der Waals surface area (Å²) in [5, 5.41) is 29.3. The molecule has 1 rings (SSSR count). The van der Waals surface area contributed by atoms with Crippen LogP contribution in [-0.4, -0.2) is 21.6 Å². The van der Waals surface area contributed by atoms with E-state index in [-0.39, 0.29) is 17.1 Å². The zero-order chi connectivity index (χ0) is 9.14. The van der Waals surface area contributed by atoms with E-state index in [1.54, 1.807) is 0 Å². The maximum absolute atomic E-state index is 9.20. The van der Waals surface area contributed by atoms with E-state index in [0.717, 1.165) is 6.21 Å². The van der Waals surface area contributed by atoms with Crippen molar-refractivity contribution in [1.82, 2.24) is 0 Å². The lowest BCUT2D eigenvalue weighted by Gasteiger charge is -2.02. The van der Waals surface area contributed by atoms with Crippen molar-refractivity contribution < 1.29 is 15.4 Å². The lowest BCUT2D eigenvalue weighted by molar-refractivity contribution is 0.321. The summed E-state index contributed by atoms with van der Waals surface area (Å²) < 4.78 is 0.292. The van der Waals surface area contributed by atoms with Gasteiger partial charge in [-0.3, -0.25) is 0 Å². The number of halogens is 1. The highest BCUT2D eigenvalue weighted by molar-refractivity contribution is 9.10. The molecule has 0 aliphatic rings. The molecule has 0 saturated heterocycles. The first-order chi connectivity index (χ1) is 5.66. The quantitative estimate of drug-likeness (QED) is 0.298. The molecule has 0 saturated carbocycles. The molecule has 0 atom stereocenters. The number of rotatable bonds is 1. The van der Waals surface area contributed by atoms with Gasteiger partial charge in [0.25, 0.3) is 0 Å². The molecule has 4 nitrogen and oxygen atoms in total. The lowest BCUT2D eigenvalue weighted by Crippen LogP contribution is -1.85. The van der Waals surface area contributed by atoms with Crippen molar-refractivity contribution in [2.24, 2.45) is 5.16 Å². The van der Waals surface area contributed by atoms with E-state index in [1.807, 2.05) is 0 Å². The smallest absolute Gasteiger partial charge is 0.130 e. The van der Waals surface area contributed by atoms with Gasteiger partial charge in [-0.05, 0) is 28.1 Å². The molecular weight excluding hydrogens is 226 g/mol. The first kappa shape index (κ1) is 8.86. The van der Waals surface area contributed by atoms with Gasteiger partial charge in [-0.2, -0.15) is 0 Å². The van der Waals surface area contributed by atoms with Gasteiger partial charge < -0.3 is 15.4 Å². The SMILES string of the molecule is ON=Cc1c(O)ccc(O)c1Br. The molecule has 1 aromatic rings.